The van der Waals surface area contributed by atoms with Gasteiger partial charge in [0.1, 0.15) is 6.42 Å². The number of carbonyl (C=O) groups excluding carboxylic acids is 2. The van der Waals surface area contributed by atoms with Crippen LogP contribution in [0.25, 0.3) is 0 Å². The molecule has 0 aromatic heterocycles. The van der Waals surface area contributed by atoms with Crippen molar-refractivity contribution in [1.82, 2.24) is 10.8 Å². The molecule has 5 nitrogen and oxygen atoms in total. The minimum atomic E-state index is -4.40. The number of hydroxylamine groups is 1. The predicted octanol–water partition coefficient (Wildman–Crippen LogP) is 1.22. The van der Waals surface area contributed by atoms with Crippen LogP contribution in [-0.4, -0.2) is 17.0 Å². The molecule has 19 heavy (non-hydrogen) atoms. The van der Waals surface area contributed by atoms with Crippen LogP contribution in [0.3, 0.4) is 0 Å². The largest absolute Gasteiger partial charge is 0.416 e. The molecule has 0 unspecified atom stereocenters. The molecule has 0 aliphatic rings. The number of amides is 2. The van der Waals surface area contributed by atoms with Crippen molar-refractivity contribution in [1.29, 1.82) is 0 Å². The number of alkyl halides is 3. The van der Waals surface area contributed by atoms with Gasteiger partial charge in [0, 0.05) is 6.54 Å². The highest BCUT2D eigenvalue weighted by molar-refractivity contribution is 5.96. The molecule has 104 valence electrons. The summed E-state index contributed by atoms with van der Waals surface area (Å²) in [6.45, 7) is -0.00429. The van der Waals surface area contributed by atoms with E-state index in [0.717, 1.165) is 12.1 Å². The Kier molecular flexibility index (Phi) is 4.87. The van der Waals surface area contributed by atoms with Crippen LogP contribution in [0, 0.1) is 0 Å². The van der Waals surface area contributed by atoms with Gasteiger partial charge in [0.2, 0.25) is 5.91 Å². The maximum Gasteiger partial charge on any atom is 0.416 e. The van der Waals surface area contributed by atoms with E-state index in [1.165, 1.54) is 17.6 Å². The third-order valence-electron chi connectivity index (χ3n) is 2.22. The Morgan fingerprint density at radius 3 is 2.16 bits per heavy atom. The molecular formula is C11H11F3N2O3. The minimum Gasteiger partial charge on any atom is -0.352 e. The van der Waals surface area contributed by atoms with Crippen LogP contribution in [0.4, 0.5) is 13.2 Å². The lowest BCUT2D eigenvalue weighted by molar-refractivity contribution is -0.138. The Hall–Kier alpha value is -2.09. The Morgan fingerprint density at radius 1 is 1.11 bits per heavy atom. The first kappa shape index (κ1) is 15.0. The van der Waals surface area contributed by atoms with Gasteiger partial charge in [0.05, 0.1) is 5.56 Å². The smallest absolute Gasteiger partial charge is 0.352 e. The van der Waals surface area contributed by atoms with Crippen LogP contribution in [0.1, 0.15) is 17.5 Å². The van der Waals surface area contributed by atoms with Crippen molar-refractivity contribution in [2.24, 2.45) is 0 Å². The molecule has 0 spiro atoms. The summed E-state index contributed by atoms with van der Waals surface area (Å²) in [6.07, 6.45) is -4.96. The van der Waals surface area contributed by atoms with Gasteiger partial charge in [-0.1, -0.05) is 12.1 Å². The van der Waals surface area contributed by atoms with Gasteiger partial charge in [-0.3, -0.25) is 14.8 Å². The standard InChI is InChI=1S/C11H11F3N2O3/c12-11(13,14)8-3-1-7(2-4-8)6-15-9(17)5-10(18)16-19/h1-4,19H,5-6H2,(H,15,17)(H,16,18). The first-order valence-electron chi connectivity index (χ1n) is 5.18. The van der Waals surface area contributed by atoms with Crippen molar-refractivity contribution in [3.8, 4) is 0 Å². The van der Waals surface area contributed by atoms with Gasteiger partial charge in [-0.25, -0.2) is 5.48 Å². The van der Waals surface area contributed by atoms with E-state index in [2.05, 4.69) is 5.32 Å². The fourth-order valence-corrected chi connectivity index (χ4v) is 1.26. The maximum atomic E-state index is 12.3. The molecule has 0 bridgehead atoms. The van der Waals surface area contributed by atoms with Crippen LogP contribution in [0.5, 0.6) is 0 Å². The van der Waals surface area contributed by atoms with Crippen molar-refractivity contribution >= 4 is 11.8 Å². The Labute approximate surface area is 106 Å². The molecule has 0 saturated carbocycles. The fourth-order valence-electron chi connectivity index (χ4n) is 1.26. The molecule has 0 aliphatic heterocycles. The molecule has 8 heteroatoms. The second-order valence-electron chi connectivity index (χ2n) is 3.68. The normalized spacial score (nSPS) is 10.9. The zero-order valence-corrected chi connectivity index (χ0v) is 9.62. The van der Waals surface area contributed by atoms with Gasteiger partial charge < -0.3 is 5.32 Å². The van der Waals surface area contributed by atoms with Crippen molar-refractivity contribution in [3.05, 3.63) is 35.4 Å². The average Bonchev–Trinajstić information content (AvgIpc) is 2.35. The van der Waals surface area contributed by atoms with Crippen LogP contribution in [-0.2, 0) is 22.3 Å². The number of hydrogen-bond donors (Lipinski definition) is 3. The molecule has 3 N–H and O–H groups in total. The van der Waals surface area contributed by atoms with Crippen molar-refractivity contribution in [3.63, 3.8) is 0 Å². The first-order valence-corrected chi connectivity index (χ1v) is 5.18. The third-order valence-corrected chi connectivity index (χ3v) is 2.22. The molecular weight excluding hydrogens is 265 g/mol. The summed E-state index contributed by atoms with van der Waals surface area (Å²) in [4.78, 5) is 21.8. The summed E-state index contributed by atoms with van der Waals surface area (Å²) in [5.74, 6) is -1.52. The van der Waals surface area contributed by atoms with Gasteiger partial charge in [-0.15, -0.1) is 0 Å². The van der Waals surface area contributed by atoms with Crippen molar-refractivity contribution < 1.29 is 28.0 Å². The van der Waals surface area contributed by atoms with E-state index in [0.29, 0.717) is 5.56 Å². The van der Waals surface area contributed by atoms with E-state index in [4.69, 9.17) is 5.21 Å². The molecule has 0 aliphatic carbocycles. The van der Waals surface area contributed by atoms with Gasteiger partial charge in [0.15, 0.2) is 0 Å². The summed E-state index contributed by atoms with van der Waals surface area (Å²) >= 11 is 0. The number of rotatable bonds is 4. The van der Waals surface area contributed by atoms with E-state index < -0.39 is 30.0 Å². The van der Waals surface area contributed by atoms with Gasteiger partial charge in [0.25, 0.3) is 5.91 Å². The van der Waals surface area contributed by atoms with Crippen molar-refractivity contribution in [2.45, 2.75) is 19.1 Å². The number of nitrogens with one attached hydrogen (secondary N) is 2. The Morgan fingerprint density at radius 2 is 1.68 bits per heavy atom. The molecule has 1 rings (SSSR count). The number of halogens is 3. The summed E-state index contributed by atoms with van der Waals surface area (Å²) in [7, 11) is 0. The lowest BCUT2D eigenvalue weighted by atomic mass is 10.1. The quantitative estimate of drug-likeness (QED) is 0.439. The van der Waals surface area contributed by atoms with E-state index in [9.17, 15) is 22.8 Å². The highest BCUT2D eigenvalue weighted by Crippen LogP contribution is 2.28. The number of benzene rings is 1. The Balaban J connectivity index is 2.51. The summed E-state index contributed by atoms with van der Waals surface area (Å²) in [5.41, 5.74) is 0.981. The summed E-state index contributed by atoms with van der Waals surface area (Å²) in [5, 5.41) is 10.5. The zero-order valence-electron chi connectivity index (χ0n) is 9.62. The second-order valence-corrected chi connectivity index (χ2v) is 3.68. The molecule has 0 fully saturated rings. The molecule has 0 radical (unpaired) electrons. The third kappa shape index (κ3) is 4.96. The maximum absolute atomic E-state index is 12.3. The average molecular weight is 276 g/mol. The highest BCUT2D eigenvalue weighted by atomic mass is 19.4. The van der Waals surface area contributed by atoms with Crippen LogP contribution < -0.4 is 10.8 Å². The minimum absolute atomic E-state index is 0.00429. The van der Waals surface area contributed by atoms with Crippen LogP contribution in [0.15, 0.2) is 24.3 Å². The molecule has 1 aromatic carbocycles. The van der Waals surface area contributed by atoms with E-state index in [1.807, 2.05) is 0 Å². The van der Waals surface area contributed by atoms with Crippen LogP contribution in [0.2, 0.25) is 0 Å². The number of carbonyl (C=O) groups is 2. The van der Waals surface area contributed by atoms with E-state index in [-0.39, 0.29) is 6.54 Å². The summed E-state index contributed by atoms with van der Waals surface area (Å²) in [6, 6.07) is 4.27. The van der Waals surface area contributed by atoms with Gasteiger partial charge in [-0.2, -0.15) is 13.2 Å². The molecule has 0 heterocycles. The second kappa shape index (κ2) is 6.19. The molecule has 2 amide bonds. The van der Waals surface area contributed by atoms with Gasteiger partial charge in [-0.05, 0) is 17.7 Å². The Bertz CT molecular complexity index is 457. The van der Waals surface area contributed by atoms with Crippen LogP contribution >= 0.6 is 0 Å². The lowest BCUT2D eigenvalue weighted by Gasteiger charge is -2.08. The topological polar surface area (TPSA) is 78.4 Å². The number of hydrogen-bond acceptors (Lipinski definition) is 3. The molecule has 0 atom stereocenters. The fraction of sp³-hybridized carbons (Fsp3) is 0.273. The lowest BCUT2D eigenvalue weighted by Crippen LogP contribution is -2.30. The monoisotopic (exact) mass is 276 g/mol. The van der Waals surface area contributed by atoms with E-state index in [1.54, 1.807) is 0 Å². The summed E-state index contributed by atoms with van der Waals surface area (Å²) < 4.78 is 36.8. The van der Waals surface area contributed by atoms with E-state index >= 15 is 0 Å². The van der Waals surface area contributed by atoms with Gasteiger partial charge >= 0.3 is 6.18 Å². The first-order chi connectivity index (χ1) is 8.82. The predicted molar refractivity (Wildman–Crippen MR) is 57.8 cm³/mol. The SMILES string of the molecule is O=C(CC(=O)NCc1ccc(C(F)(F)F)cc1)NO. The van der Waals surface area contributed by atoms with Crippen molar-refractivity contribution in [2.75, 3.05) is 0 Å². The highest BCUT2D eigenvalue weighted by Gasteiger charge is 2.29. The molecule has 1 aromatic rings. The molecule has 0 saturated heterocycles. The zero-order chi connectivity index (χ0) is 14.5.